The summed E-state index contributed by atoms with van der Waals surface area (Å²) in [6.07, 6.45) is 2.90. The number of nitrogens with zero attached hydrogens (tertiary/aromatic N) is 3. The van der Waals surface area contributed by atoms with E-state index in [0.717, 1.165) is 22.2 Å². The standard InChI is InChI=1S/C22H18ClN3O/c23-18-13-11-17(12-14-18)22(21(27)15-10-16-6-2-1-3-7-16)26-20-9-5-4-8-19(20)24-25-26/h1-15,21-22,27H/b15-10+. The number of aromatic nitrogens is 3. The predicted molar refractivity (Wildman–Crippen MR) is 109 cm³/mol. The summed E-state index contributed by atoms with van der Waals surface area (Å²) in [4.78, 5) is 0. The summed E-state index contributed by atoms with van der Waals surface area (Å²) >= 11 is 6.05. The maximum absolute atomic E-state index is 11.0. The normalized spacial score (nSPS) is 13.9. The van der Waals surface area contributed by atoms with Gasteiger partial charge in [-0.15, -0.1) is 5.10 Å². The van der Waals surface area contributed by atoms with Crippen molar-refractivity contribution in [1.29, 1.82) is 0 Å². The van der Waals surface area contributed by atoms with E-state index in [0.29, 0.717) is 5.02 Å². The van der Waals surface area contributed by atoms with E-state index in [2.05, 4.69) is 10.3 Å². The molecule has 2 unspecified atom stereocenters. The summed E-state index contributed by atoms with van der Waals surface area (Å²) in [6, 6.07) is 24.6. The molecule has 2 atom stereocenters. The number of halogens is 1. The van der Waals surface area contributed by atoms with E-state index in [1.807, 2.05) is 84.9 Å². The Morgan fingerprint density at radius 3 is 2.37 bits per heavy atom. The Labute approximate surface area is 162 Å². The van der Waals surface area contributed by atoms with Gasteiger partial charge in [0, 0.05) is 5.02 Å². The molecule has 0 saturated carbocycles. The van der Waals surface area contributed by atoms with E-state index in [1.54, 1.807) is 10.8 Å². The first-order valence-electron chi connectivity index (χ1n) is 8.69. The lowest BCUT2D eigenvalue weighted by Crippen LogP contribution is -2.24. The predicted octanol–water partition coefficient (Wildman–Crippen LogP) is 4.75. The van der Waals surface area contributed by atoms with Gasteiger partial charge in [0.25, 0.3) is 0 Å². The minimum absolute atomic E-state index is 0.422. The highest BCUT2D eigenvalue weighted by Crippen LogP contribution is 2.27. The molecule has 0 aliphatic rings. The molecule has 134 valence electrons. The second kappa shape index (κ2) is 7.74. The van der Waals surface area contributed by atoms with Gasteiger partial charge in [-0.2, -0.15) is 0 Å². The van der Waals surface area contributed by atoms with Gasteiger partial charge in [-0.1, -0.05) is 83.6 Å². The van der Waals surface area contributed by atoms with Crippen LogP contribution < -0.4 is 0 Å². The molecule has 0 amide bonds. The molecule has 0 aliphatic heterocycles. The molecule has 0 bridgehead atoms. The maximum Gasteiger partial charge on any atom is 0.113 e. The van der Waals surface area contributed by atoms with E-state index in [4.69, 9.17) is 11.6 Å². The Morgan fingerprint density at radius 1 is 0.889 bits per heavy atom. The highest BCUT2D eigenvalue weighted by atomic mass is 35.5. The Kier molecular flexibility index (Phi) is 5.01. The number of rotatable bonds is 5. The van der Waals surface area contributed by atoms with Crippen LogP contribution in [0.25, 0.3) is 17.1 Å². The van der Waals surface area contributed by atoms with Gasteiger partial charge in [-0.25, -0.2) is 4.68 Å². The molecule has 4 rings (SSSR count). The summed E-state index contributed by atoms with van der Waals surface area (Å²) in [7, 11) is 0. The molecule has 4 aromatic rings. The number of fused-ring (bicyclic) bond motifs is 1. The second-order valence-corrected chi connectivity index (χ2v) is 6.72. The minimum atomic E-state index is -0.795. The van der Waals surface area contributed by atoms with Gasteiger partial charge in [0.1, 0.15) is 11.6 Å². The maximum atomic E-state index is 11.0. The van der Waals surface area contributed by atoms with E-state index in [-0.39, 0.29) is 0 Å². The lowest BCUT2D eigenvalue weighted by molar-refractivity contribution is 0.170. The van der Waals surface area contributed by atoms with Crippen LogP contribution in [0.4, 0.5) is 0 Å². The fourth-order valence-corrected chi connectivity index (χ4v) is 3.24. The van der Waals surface area contributed by atoms with Gasteiger partial charge in [0.15, 0.2) is 0 Å². The molecule has 0 fully saturated rings. The number of hydrogen-bond donors (Lipinski definition) is 1. The van der Waals surface area contributed by atoms with Crippen molar-refractivity contribution in [2.45, 2.75) is 12.1 Å². The van der Waals surface area contributed by atoms with Crippen molar-refractivity contribution < 1.29 is 5.11 Å². The van der Waals surface area contributed by atoms with Crippen molar-refractivity contribution in [3.05, 3.63) is 101 Å². The van der Waals surface area contributed by atoms with E-state index < -0.39 is 12.1 Å². The topological polar surface area (TPSA) is 50.9 Å². The highest BCUT2D eigenvalue weighted by molar-refractivity contribution is 6.30. The average Bonchev–Trinajstić information content (AvgIpc) is 3.13. The molecule has 0 spiro atoms. The summed E-state index contributed by atoms with van der Waals surface area (Å²) in [5, 5.41) is 20.2. The highest BCUT2D eigenvalue weighted by Gasteiger charge is 2.24. The fraction of sp³-hybridized carbons (Fsp3) is 0.0909. The van der Waals surface area contributed by atoms with Crippen LogP contribution in [0.5, 0.6) is 0 Å². The van der Waals surface area contributed by atoms with Crippen LogP contribution in [0, 0.1) is 0 Å². The van der Waals surface area contributed by atoms with Gasteiger partial charge in [-0.05, 0) is 35.4 Å². The summed E-state index contributed by atoms with van der Waals surface area (Å²) in [5.74, 6) is 0. The van der Waals surface area contributed by atoms with Crippen molar-refractivity contribution >= 4 is 28.7 Å². The van der Waals surface area contributed by atoms with Crippen LogP contribution in [-0.2, 0) is 0 Å². The van der Waals surface area contributed by atoms with Gasteiger partial charge in [-0.3, -0.25) is 0 Å². The van der Waals surface area contributed by atoms with Crippen LogP contribution >= 0.6 is 11.6 Å². The SMILES string of the molecule is OC(/C=C/c1ccccc1)C(c1ccc(Cl)cc1)n1nnc2ccccc21. The number of aliphatic hydroxyl groups excluding tert-OH is 1. The zero-order valence-electron chi connectivity index (χ0n) is 14.5. The second-order valence-electron chi connectivity index (χ2n) is 6.28. The van der Waals surface area contributed by atoms with Crippen molar-refractivity contribution in [2.75, 3.05) is 0 Å². The van der Waals surface area contributed by atoms with Crippen molar-refractivity contribution in [3.8, 4) is 0 Å². The van der Waals surface area contributed by atoms with Crippen LogP contribution in [0.3, 0.4) is 0 Å². The minimum Gasteiger partial charge on any atom is -0.386 e. The molecule has 0 radical (unpaired) electrons. The van der Waals surface area contributed by atoms with Crippen LogP contribution in [0.1, 0.15) is 17.2 Å². The third kappa shape index (κ3) is 3.77. The fourth-order valence-electron chi connectivity index (χ4n) is 3.11. The van der Waals surface area contributed by atoms with Crippen LogP contribution in [-0.4, -0.2) is 26.2 Å². The molecule has 1 heterocycles. The number of para-hydroxylation sites is 1. The Hall–Kier alpha value is -2.95. The zero-order chi connectivity index (χ0) is 18.6. The van der Waals surface area contributed by atoms with Gasteiger partial charge in [0.05, 0.1) is 11.6 Å². The third-order valence-corrected chi connectivity index (χ3v) is 4.71. The molecular formula is C22H18ClN3O. The average molecular weight is 376 g/mol. The molecule has 1 aromatic heterocycles. The summed E-state index contributed by atoms with van der Waals surface area (Å²) in [6.45, 7) is 0. The molecule has 0 saturated heterocycles. The number of aliphatic hydroxyl groups is 1. The Bertz CT molecular complexity index is 1060. The molecule has 5 heteroatoms. The molecule has 3 aromatic carbocycles. The van der Waals surface area contributed by atoms with Crippen molar-refractivity contribution in [1.82, 2.24) is 15.0 Å². The van der Waals surface area contributed by atoms with E-state index in [1.165, 1.54) is 0 Å². The summed E-state index contributed by atoms with van der Waals surface area (Å²) in [5.41, 5.74) is 3.58. The molecule has 1 N–H and O–H groups in total. The lowest BCUT2D eigenvalue weighted by atomic mass is 10.00. The van der Waals surface area contributed by atoms with E-state index in [9.17, 15) is 5.11 Å². The van der Waals surface area contributed by atoms with E-state index >= 15 is 0 Å². The molecular weight excluding hydrogens is 358 g/mol. The monoisotopic (exact) mass is 375 g/mol. The first-order chi connectivity index (χ1) is 13.2. The van der Waals surface area contributed by atoms with Crippen molar-refractivity contribution in [3.63, 3.8) is 0 Å². The lowest BCUT2D eigenvalue weighted by Gasteiger charge is -2.22. The Balaban J connectivity index is 1.76. The zero-order valence-corrected chi connectivity index (χ0v) is 15.2. The van der Waals surface area contributed by atoms with Crippen molar-refractivity contribution in [2.24, 2.45) is 0 Å². The van der Waals surface area contributed by atoms with Gasteiger partial charge >= 0.3 is 0 Å². The number of hydrogen-bond acceptors (Lipinski definition) is 3. The Morgan fingerprint density at radius 2 is 1.59 bits per heavy atom. The number of benzene rings is 3. The molecule has 0 aliphatic carbocycles. The molecule has 4 nitrogen and oxygen atoms in total. The first-order valence-corrected chi connectivity index (χ1v) is 9.07. The quantitative estimate of drug-likeness (QED) is 0.547. The van der Waals surface area contributed by atoms with Crippen LogP contribution in [0.2, 0.25) is 5.02 Å². The van der Waals surface area contributed by atoms with Crippen LogP contribution in [0.15, 0.2) is 84.9 Å². The first kappa shape index (κ1) is 17.5. The smallest absolute Gasteiger partial charge is 0.113 e. The van der Waals surface area contributed by atoms with Gasteiger partial charge in [0.2, 0.25) is 0 Å². The molecule has 27 heavy (non-hydrogen) atoms. The van der Waals surface area contributed by atoms with Gasteiger partial charge < -0.3 is 5.11 Å². The summed E-state index contributed by atoms with van der Waals surface area (Å²) < 4.78 is 1.76. The third-order valence-electron chi connectivity index (χ3n) is 4.46. The largest absolute Gasteiger partial charge is 0.386 e.